The van der Waals surface area contributed by atoms with Crippen LogP contribution in [-0.2, 0) is 22.4 Å². The van der Waals surface area contributed by atoms with E-state index in [1.54, 1.807) is 0 Å². The van der Waals surface area contributed by atoms with Crippen molar-refractivity contribution in [3.63, 3.8) is 0 Å². The van der Waals surface area contributed by atoms with Crippen LogP contribution in [0.5, 0.6) is 0 Å². The number of carbonyl (C=O) groups excluding carboxylic acids is 2. The molecule has 0 spiro atoms. The lowest BCUT2D eigenvalue weighted by Gasteiger charge is -2.27. The molecule has 0 radical (unpaired) electrons. The molecular formula is C25H37N3O5. The van der Waals surface area contributed by atoms with Gasteiger partial charge in [-0.25, -0.2) is 4.79 Å². The Morgan fingerprint density at radius 1 is 1.00 bits per heavy atom. The van der Waals surface area contributed by atoms with Gasteiger partial charge in [-0.2, -0.15) is 0 Å². The molecule has 1 aromatic rings. The van der Waals surface area contributed by atoms with Crippen molar-refractivity contribution in [2.45, 2.75) is 76.3 Å². The topological polar surface area (TPSA) is 119 Å². The summed E-state index contributed by atoms with van der Waals surface area (Å²) in [5.41, 5.74) is 2.56. The van der Waals surface area contributed by atoms with Crippen LogP contribution in [0.15, 0.2) is 24.3 Å². The molecule has 2 aliphatic rings. The fraction of sp³-hybridized carbons (Fsp3) is 0.640. The molecule has 0 aromatic heterocycles. The van der Waals surface area contributed by atoms with Gasteiger partial charge >= 0.3 is 6.09 Å². The standard InChI is InChI=1S/C25H37N3O5/c29-17-21(26-24(31)22(27-25(32)33)16-18-6-2-1-3-7-18)10-11-23(30)28-14-12-19-8-4-5-9-20(19)13-15-28/h4-5,8-9,18,21-22,27,29H,1-3,6-7,10-17H2,(H,26,31)(H,32,33)/t21-,22-/m0/s1. The number of carboxylic acid groups (broad SMARTS) is 1. The first kappa shape index (κ1) is 25.0. The zero-order valence-corrected chi connectivity index (χ0v) is 19.3. The Labute approximate surface area is 195 Å². The predicted octanol–water partition coefficient (Wildman–Crippen LogP) is 2.48. The summed E-state index contributed by atoms with van der Waals surface area (Å²) in [6.45, 7) is 1.03. The number of carbonyl (C=O) groups is 3. The zero-order valence-electron chi connectivity index (χ0n) is 19.3. The summed E-state index contributed by atoms with van der Waals surface area (Å²) in [6, 6.07) is 6.82. The Kier molecular flexibility index (Phi) is 9.54. The molecule has 1 heterocycles. The van der Waals surface area contributed by atoms with E-state index >= 15 is 0 Å². The molecule has 8 heteroatoms. The SMILES string of the molecule is O=C(O)N[C@@H](CC1CCCCC1)C(=O)N[C@H](CO)CCC(=O)N1CCc2ccccc2CC1. The molecular weight excluding hydrogens is 422 g/mol. The summed E-state index contributed by atoms with van der Waals surface area (Å²) in [5.74, 6) is -0.0970. The molecule has 3 amide bonds. The van der Waals surface area contributed by atoms with Crippen molar-refractivity contribution < 1.29 is 24.6 Å². The number of nitrogens with zero attached hydrogens (tertiary/aromatic N) is 1. The molecule has 33 heavy (non-hydrogen) atoms. The molecule has 3 rings (SSSR count). The van der Waals surface area contributed by atoms with Gasteiger partial charge in [0.25, 0.3) is 0 Å². The highest BCUT2D eigenvalue weighted by Crippen LogP contribution is 2.27. The molecule has 0 bridgehead atoms. The summed E-state index contributed by atoms with van der Waals surface area (Å²) >= 11 is 0. The van der Waals surface area contributed by atoms with Crippen LogP contribution in [0.2, 0.25) is 0 Å². The average molecular weight is 460 g/mol. The summed E-state index contributed by atoms with van der Waals surface area (Å²) in [6.07, 6.45) is 6.82. The minimum atomic E-state index is -1.23. The van der Waals surface area contributed by atoms with Crippen LogP contribution < -0.4 is 10.6 Å². The molecule has 182 valence electrons. The average Bonchev–Trinajstić information content (AvgIpc) is 3.04. The number of fused-ring (bicyclic) bond motifs is 1. The summed E-state index contributed by atoms with van der Waals surface area (Å²) in [7, 11) is 0. The lowest BCUT2D eigenvalue weighted by atomic mass is 9.84. The van der Waals surface area contributed by atoms with E-state index in [2.05, 4.69) is 22.8 Å². The highest BCUT2D eigenvalue weighted by molar-refractivity contribution is 5.85. The Morgan fingerprint density at radius 2 is 1.64 bits per heavy atom. The number of aliphatic hydroxyl groups excluding tert-OH is 1. The molecule has 0 saturated heterocycles. The lowest BCUT2D eigenvalue weighted by Crippen LogP contribution is -2.51. The van der Waals surface area contributed by atoms with E-state index in [0.29, 0.717) is 31.8 Å². The molecule has 1 fully saturated rings. The van der Waals surface area contributed by atoms with Crippen molar-refractivity contribution in [1.29, 1.82) is 0 Å². The molecule has 1 aromatic carbocycles. The van der Waals surface area contributed by atoms with E-state index in [-0.39, 0.29) is 18.9 Å². The van der Waals surface area contributed by atoms with Crippen molar-refractivity contribution in [3.8, 4) is 0 Å². The molecule has 8 nitrogen and oxygen atoms in total. The fourth-order valence-electron chi connectivity index (χ4n) is 5.02. The van der Waals surface area contributed by atoms with Crippen LogP contribution in [0.25, 0.3) is 0 Å². The molecule has 4 N–H and O–H groups in total. The van der Waals surface area contributed by atoms with E-state index in [9.17, 15) is 24.6 Å². The van der Waals surface area contributed by atoms with E-state index in [1.807, 2.05) is 17.0 Å². The normalized spacial score (nSPS) is 18.5. The lowest BCUT2D eigenvalue weighted by molar-refractivity contribution is -0.132. The van der Waals surface area contributed by atoms with Gasteiger partial charge in [0, 0.05) is 19.5 Å². The Bertz CT molecular complexity index is 782. The van der Waals surface area contributed by atoms with Gasteiger partial charge in [-0.1, -0.05) is 56.4 Å². The van der Waals surface area contributed by atoms with Crippen LogP contribution in [0.4, 0.5) is 4.79 Å². The largest absolute Gasteiger partial charge is 0.465 e. The van der Waals surface area contributed by atoms with Crippen LogP contribution in [0.1, 0.15) is 62.5 Å². The number of rotatable bonds is 9. The second-order valence-corrected chi connectivity index (χ2v) is 9.32. The zero-order chi connectivity index (χ0) is 23.6. The summed E-state index contributed by atoms with van der Waals surface area (Å²) < 4.78 is 0. The Hall–Kier alpha value is -2.61. The van der Waals surface area contributed by atoms with E-state index in [4.69, 9.17) is 0 Å². The second kappa shape index (κ2) is 12.6. The van der Waals surface area contributed by atoms with E-state index < -0.39 is 24.1 Å². The van der Waals surface area contributed by atoms with Gasteiger partial charge in [-0.15, -0.1) is 0 Å². The highest BCUT2D eigenvalue weighted by Gasteiger charge is 2.28. The third-order valence-corrected chi connectivity index (χ3v) is 6.95. The first-order valence-corrected chi connectivity index (χ1v) is 12.2. The first-order valence-electron chi connectivity index (χ1n) is 12.2. The minimum absolute atomic E-state index is 0.0120. The quantitative estimate of drug-likeness (QED) is 0.452. The maximum absolute atomic E-state index is 12.8. The van der Waals surface area contributed by atoms with Gasteiger partial charge in [0.2, 0.25) is 11.8 Å². The van der Waals surface area contributed by atoms with Crippen LogP contribution in [0, 0.1) is 5.92 Å². The number of amides is 3. The number of benzene rings is 1. The summed E-state index contributed by atoms with van der Waals surface area (Å²) in [5, 5.41) is 24.0. The maximum Gasteiger partial charge on any atom is 0.405 e. The minimum Gasteiger partial charge on any atom is -0.465 e. The van der Waals surface area contributed by atoms with Gasteiger partial charge in [-0.05, 0) is 42.7 Å². The van der Waals surface area contributed by atoms with Gasteiger partial charge < -0.3 is 25.7 Å². The highest BCUT2D eigenvalue weighted by atomic mass is 16.4. The van der Waals surface area contributed by atoms with Crippen molar-refractivity contribution >= 4 is 17.9 Å². The predicted molar refractivity (Wildman–Crippen MR) is 125 cm³/mol. The Morgan fingerprint density at radius 3 is 2.21 bits per heavy atom. The molecule has 1 aliphatic heterocycles. The van der Waals surface area contributed by atoms with E-state index in [0.717, 1.165) is 38.5 Å². The molecule has 0 unspecified atom stereocenters. The van der Waals surface area contributed by atoms with Crippen LogP contribution in [0.3, 0.4) is 0 Å². The van der Waals surface area contributed by atoms with Gasteiger partial charge in [0.15, 0.2) is 0 Å². The van der Waals surface area contributed by atoms with Crippen LogP contribution in [-0.4, -0.2) is 64.8 Å². The maximum atomic E-state index is 12.8. The van der Waals surface area contributed by atoms with Crippen molar-refractivity contribution in [2.24, 2.45) is 5.92 Å². The monoisotopic (exact) mass is 459 g/mol. The Balaban J connectivity index is 1.49. The van der Waals surface area contributed by atoms with E-state index in [1.165, 1.54) is 17.5 Å². The summed E-state index contributed by atoms with van der Waals surface area (Å²) in [4.78, 5) is 38.7. The van der Waals surface area contributed by atoms with Gasteiger partial charge in [-0.3, -0.25) is 9.59 Å². The van der Waals surface area contributed by atoms with Gasteiger partial charge in [0.1, 0.15) is 6.04 Å². The van der Waals surface area contributed by atoms with Crippen LogP contribution >= 0.6 is 0 Å². The number of hydrogen-bond acceptors (Lipinski definition) is 4. The van der Waals surface area contributed by atoms with Crippen molar-refractivity contribution in [3.05, 3.63) is 35.4 Å². The molecule has 1 aliphatic carbocycles. The second-order valence-electron chi connectivity index (χ2n) is 9.32. The number of nitrogens with one attached hydrogen (secondary N) is 2. The molecule has 2 atom stereocenters. The fourth-order valence-corrected chi connectivity index (χ4v) is 5.02. The smallest absolute Gasteiger partial charge is 0.405 e. The van der Waals surface area contributed by atoms with Crippen molar-refractivity contribution in [2.75, 3.05) is 19.7 Å². The number of aliphatic hydroxyl groups is 1. The molecule has 1 saturated carbocycles. The van der Waals surface area contributed by atoms with Gasteiger partial charge in [0.05, 0.1) is 12.6 Å². The third kappa shape index (κ3) is 7.74. The number of hydrogen-bond donors (Lipinski definition) is 4. The third-order valence-electron chi connectivity index (χ3n) is 6.95. The first-order chi connectivity index (χ1) is 16.0. The van der Waals surface area contributed by atoms with Crippen molar-refractivity contribution in [1.82, 2.24) is 15.5 Å².